The lowest BCUT2D eigenvalue weighted by atomic mass is 9.76. The van der Waals surface area contributed by atoms with Crippen LogP contribution in [0, 0.1) is 10.8 Å². The first kappa shape index (κ1) is 16.7. The normalized spacial score (nSPS) is 22.5. The largest absolute Gasteiger partial charge is 0.395 e. The Bertz CT molecular complexity index is 288. The molecule has 0 amide bonds. The second-order valence-electron chi connectivity index (χ2n) is 7.68. The molecule has 0 radical (unpaired) electrons. The number of rotatable bonds is 3. The van der Waals surface area contributed by atoms with Gasteiger partial charge in [-0.2, -0.15) is 0 Å². The van der Waals surface area contributed by atoms with Crippen LogP contribution < -0.4 is 5.32 Å². The third kappa shape index (κ3) is 7.12. The maximum Gasteiger partial charge on any atom is 0.0516 e. The van der Waals surface area contributed by atoms with Gasteiger partial charge in [0, 0.05) is 11.5 Å². The van der Waals surface area contributed by atoms with Crippen LogP contribution in [0.5, 0.6) is 0 Å². The van der Waals surface area contributed by atoms with Gasteiger partial charge >= 0.3 is 0 Å². The first-order valence-electron chi connectivity index (χ1n) is 7.77. The maximum absolute atomic E-state index is 8.83. The van der Waals surface area contributed by atoms with Gasteiger partial charge in [-0.05, 0) is 51.0 Å². The van der Waals surface area contributed by atoms with Crippen LogP contribution in [-0.4, -0.2) is 24.8 Å². The fraction of sp³-hybridized carbons (Fsp3) is 0.882. The van der Waals surface area contributed by atoms with Crippen LogP contribution in [0.2, 0.25) is 0 Å². The van der Waals surface area contributed by atoms with Crippen molar-refractivity contribution in [2.45, 2.75) is 72.3 Å². The molecule has 0 spiro atoms. The van der Waals surface area contributed by atoms with Gasteiger partial charge in [0.2, 0.25) is 0 Å². The molecule has 2 N–H and O–H groups in total. The summed E-state index contributed by atoms with van der Waals surface area (Å²) in [6.07, 6.45) is 10.2. The summed E-state index contributed by atoms with van der Waals surface area (Å²) in [6.45, 7) is 9.12. The van der Waals surface area contributed by atoms with Gasteiger partial charge in [-0.25, -0.2) is 0 Å². The summed E-state index contributed by atoms with van der Waals surface area (Å²) in [7, 11) is 2.07. The lowest BCUT2D eigenvalue weighted by molar-refractivity contribution is 0.199. The molecule has 19 heavy (non-hydrogen) atoms. The topological polar surface area (TPSA) is 32.3 Å². The molecule has 2 rings (SSSR count). The van der Waals surface area contributed by atoms with Crippen molar-refractivity contribution in [2.24, 2.45) is 10.8 Å². The zero-order chi connectivity index (χ0) is 14.5. The lowest BCUT2D eigenvalue weighted by Gasteiger charge is -2.33. The van der Waals surface area contributed by atoms with Gasteiger partial charge in [0.1, 0.15) is 0 Å². The standard InChI is InChI=1S/C9H19N.C8H14O/c1-9(2)6-4-8(10-3)5-7-9;1-8(2,6-9)5-7-3-4-7/h8,10H,4-7H2,1-3H3;5,9H,3-4,6H2,1-2H3. The van der Waals surface area contributed by atoms with Crippen molar-refractivity contribution in [3.8, 4) is 0 Å². The van der Waals surface area contributed by atoms with Gasteiger partial charge in [-0.3, -0.25) is 0 Å². The first-order valence-corrected chi connectivity index (χ1v) is 7.77. The molecule has 0 aromatic rings. The predicted octanol–water partition coefficient (Wildman–Crippen LogP) is 3.90. The number of nitrogens with one attached hydrogen (secondary N) is 1. The van der Waals surface area contributed by atoms with E-state index < -0.39 is 0 Å². The molecule has 0 heterocycles. The van der Waals surface area contributed by atoms with E-state index in [2.05, 4.69) is 46.1 Å². The van der Waals surface area contributed by atoms with E-state index >= 15 is 0 Å². The van der Waals surface area contributed by atoms with Crippen LogP contribution in [-0.2, 0) is 0 Å². The van der Waals surface area contributed by atoms with E-state index in [0.29, 0.717) is 5.41 Å². The van der Waals surface area contributed by atoms with E-state index in [-0.39, 0.29) is 12.0 Å². The summed E-state index contributed by atoms with van der Waals surface area (Å²) < 4.78 is 0. The lowest BCUT2D eigenvalue weighted by Crippen LogP contribution is -2.33. The van der Waals surface area contributed by atoms with E-state index in [1.807, 2.05) is 0 Å². The second kappa shape index (κ2) is 6.90. The molecule has 2 heteroatoms. The molecule has 0 bridgehead atoms. The molecule has 0 saturated heterocycles. The maximum atomic E-state index is 8.83. The highest BCUT2D eigenvalue weighted by Gasteiger charge is 2.25. The first-order chi connectivity index (χ1) is 8.78. The van der Waals surface area contributed by atoms with Gasteiger partial charge in [-0.15, -0.1) is 0 Å². The Labute approximate surface area is 119 Å². The third-order valence-electron chi connectivity index (χ3n) is 4.29. The Morgan fingerprint density at radius 3 is 2.16 bits per heavy atom. The molecule has 2 nitrogen and oxygen atoms in total. The zero-order valence-electron chi connectivity index (χ0n) is 13.6. The highest BCUT2D eigenvalue weighted by atomic mass is 16.3. The predicted molar refractivity (Wildman–Crippen MR) is 83.3 cm³/mol. The molecule has 2 saturated carbocycles. The van der Waals surface area contributed by atoms with Crippen molar-refractivity contribution in [3.63, 3.8) is 0 Å². The van der Waals surface area contributed by atoms with E-state index in [0.717, 1.165) is 6.04 Å². The quantitative estimate of drug-likeness (QED) is 0.760. The van der Waals surface area contributed by atoms with Gasteiger partial charge in [-0.1, -0.05) is 39.3 Å². The van der Waals surface area contributed by atoms with Crippen LogP contribution in [0.3, 0.4) is 0 Å². The Hall–Kier alpha value is -0.340. The van der Waals surface area contributed by atoms with Crippen molar-refractivity contribution in [1.29, 1.82) is 0 Å². The Balaban J connectivity index is 0.000000191. The highest BCUT2D eigenvalue weighted by molar-refractivity contribution is 5.19. The van der Waals surface area contributed by atoms with Crippen LogP contribution in [0.25, 0.3) is 0 Å². The summed E-state index contributed by atoms with van der Waals surface area (Å²) >= 11 is 0. The average molecular weight is 267 g/mol. The zero-order valence-corrected chi connectivity index (χ0v) is 13.6. The molecule has 0 unspecified atom stereocenters. The van der Waals surface area contributed by atoms with Crippen LogP contribution in [0.1, 0.15) is 66.2 Å². The van der Waals surface area contributed by atoms with Gasteiger partial charge < -0.3 is 10.4 Å². The Morgan fingerprint density at radius 2 is 1.79 bits per heavy atom. The minimum atomic E-state index is 0.0197. The Morgan fingerprint density at radius 1 is 1.26 bits per heavy atom. The number of aliphatic hydroxyl groups is 1. The van der Waals surface area contributed by atoms with E-state index in [1.165, 1.54) is 44.1 Å². The summed E-state index contributed by atoms with van der Waals surface area (Å²) in [5.74, 6) is 0. The fourth-order valence-corrected chi connectivity index (χ4v) is 2.50. The molecule has 2 fully saturated rings. The van der Waals surface area contributed by atoms with Crippen molar-refractivity contribution < 1.29 is 5.11 Å². The SMILES string of the molecule is CC(C)(C=C1CC1)CO.CNC1CCC(C)(C)CC1. The highest BCUT2D eigenvalue weighted by Crippen LogP contribution is 2.34. The second-order valence-corrected chi connectivity index (χ2v) is 7.68. The van der Waals surface area contributed by atoms with Gasteiger partial charge in [0.25, 0.3) is 0 Å². The van der Waals surface area contributed by atoms with Gasteiger partial charge in [0.15, 0.2) is 0 Å². The molecule has 0 aromatic carbocycles. The average Bonchev–Trinajstić information content (AvgIpc) is 3.13. The summed E-state index contributed by atoms with van der Waals surface area (Å²) in [6, 6.07) is 0.799. The molecule has 0 atom stereocenters. The molecule has 2 aliphatic carbocycles. The van der Waals surface area contributed by atoms with Crippen molar-refractivity contribution in [2.75, 3.05) is 13.7 Å². The van der Waals surface area contributed by atoms with Crippen molar-refractivity contribution in [1.82, 2.24) is 5.32 Å². The monoisotopic (exact) mass is 267 g/mol. The molecular weight excluding hydrogens is 234 g/mol. The van der Waals surface area contributed by atoms with Crippen molar-refractivity contribution >= 4 is 0 Å². The number of aliphatic hydroxyl groups excluding tert-OH is 1. The minimum absolute atomic E-state index is 0.0197. The molecular formula is C17H33NO. The summed E-state index contributed by atoms with van der Waals surface area (Å²) in [4.78, 5) is 0. The third-order valence-corrected chi connectivity index (χ3v) is 4.29. The molecule has 112 valence electrons. The van der Waals surface area contributed by atoms with Crippen LogP contribution in [0.4, 0.5) is 0 Å². The van der Waals surface area contributed by atoms with Crippen molar-refractivity contribution in [3.05, 3.63) is 11.6 Å². The van der Waals surface area contributed by atoms with E-state index in [1.54, 1.807) is 0 Å². The molecule has 2 aliphatic rings. The minimum Gasteiger partial charge on any atom is -0.395 e. The Kier molecular flexibility index (Phi) is 6.07. The molecule has 0 aromatic heterocycles. The summed E-state index contributed by atoms with van der Waals surface area (Å²) in [5, 5.41) is 12.2. The number of hydrogen-bond acceptors (Lipinski definition) is 2. The molecule has 0 aliphatic heterocycles. The number of hydrogen-bond donors (Lipinski definition) is 2. The van der Waals surface area contributed by atoms with Crippen LogP contribution >= 0.6 is 0 Å². The smallest absolute Gasteiger partial charge is 0.0516 e. The van der Waals surface area contributed by atoms with Crippen LogP contribution in [0.15, 0.2) is 11.6 Å². The number of allylic oxidation sites excluding steroid dienone is 1. The summed E-state index contributed by atoms with van der Waals surface area (Å²) in [5.41, 5.74) is 2.15. The van der Waals surface area contributed by atoms with E-state index in [4.69, 9.17) is 5.11 Å². The van der Waals surface area contributed by atoms with Gasteiger partial charge in [0.05, 0.1) is 6.61 Å². The van der Waals surface area contributed by atoms with E-state index in [9.17, 15) is 0 Å². The fourth-order valence-electron chi connectivity index (χ4n) is 2.50.